The first-order valence-electron chi connectivity index (χ1n) is 7.85. The van der Waals surface area contributed by atoms with Gasteiger partial charge in [-0.25, -0.2) is 0 Å². The van der Waals surface area contributed by atoms with Gasteiger partial charge < -0.3 is 9.30 Å². The number of ether oxygens (including phenoxy) is 1. The van der Waals surface area contributed by atoms with E-state index in [1.807, 2.05) is 18.2 Å². The molecule has 0 bridgehead atoms. The molecular weight excluding hydrogens is 270 g/mol. The lowest BCUT2D eigenvalue weighted by Gasteiger charge is -2.09. The normalized spacial score (nSPS) is 11.3. The summed E-state index contributed by atoms with van der Waals surface area (Å²) in [5.41, 5.74) is 5.02. The zero-order valence-corrected chi connectivity index (χ0v) is 13.8. The van der Waals surface area contributed by atoms with Crippen molar-refractivity contribution < 1.29 is 4.74 Å². The number of nitrogens with zero attached hydrogens (tertiary/aromatic N) is 1. The molecule has 0 aliphatic heterocycles. The van der Waals surface area contributed by atoms with Gasteiger partial charge in [0.05, 0.1) is 0 Å². The highest BCUT2D eigenvalue weighted by atomic mass is 16.5. The third-order valence-electron chi connectivity index (χ3n) is 4.18. The maximum Gasteiger partial charge on any atom is 0.122 e. The molecule has 0 saturated carbocycles. The van der Waals surface area contributed by atoms with Crippen LogP contribution in [-0.4, -0.2) is 4.57 Å². The Hall–Kier alpha value is -2.22. The van der Waals surface area contributed by atoms with Crippen LogP contribution in [0.25, 0.3) is 10.9 Å². The minimum Gasteiger partial charge on any atom is -0.489 e. The monoisotopic (exact) mass is 293 g/mol. The van der Waals surface area contributed by atoms with Gasteiger partial charge in [0.2, 0.25) is 0 Å². The van der Waals surface area contributed by atoms with Crippen molar-refractivity contribution in [3.8, 4) is 5.75 Å². The SMILES string of the molecule is Cc1ccccc1OCc1cn(C(C)C)c2cccc(C)c12. The number of hydrogen-bond acceptors (Lipinski definition) is 1. The largest absolute Gasteiger partial charge is 0.489 e. The number of rotatable bonds is 4. The van der Waals surface area contributed by atoms with E-state index in [0.29, 0.717) is 12.6 Å². The van der Waals surface area contributed by atoms with Gasteiger partial charge in [-0.05, 0) is 51.0 Å². The van der Waals surface area contributed by atoms with Crippen LogP contribution in [0.4, 0.5) is 0 Å². The molecule has 0 fully saturated rings. The first kappa shape index (κ1) is 14.7. The molecule has 0 N–H and O–H groups in total. The van der Waals surface area contributed by atoms with Crippen LogP contribution < -0.4 is 4.74 Å². The first-order valence-corrected chi connectivity index (χ1v) is 7.85. The number of aryl methyl sites for hydroxylation is 2. The quantitative estimate of drug-likeness (QED) is 0.626. The average molecular weight is 293 g/mol. The topological polar surface area (TPSA) is 14.2 Å². The van der Waals surface area contributed by atoms with Gasteiger partial charge >= 0.3 is 0 Å². The summed E-state index contributed by atoms with van der Waals surface area (Å²) in [5.74, 6) is 0.960. The highest BCUT2D eigenvalue weighted by Crippen LogP contribution is 2.29. The molecule has 1 heterocycles. The Balaban J connectivity index is 1.99. The van der Waals surface area contributed by atoms with Crippen LogP contribution in [0.2, 0.25) is 0 Å². The molecule has 22 heavy (non-hydrogen) atoms. The lowest BCUT2D eigenvalue weighted by molar-refractivity contribution is 0.305. The van der Waals surface area contributed by atoms with Crippen molar-refractivity contribution in [1.82, 2.24) is 4.57 Å². The van der Waals surface area contributed by atoms with Crippen LogP contribution in [0.5, 0.6) is 5.75 Å². The summed E-state index contributed by atoms with van der Waals surface area (Å²) in [4.78, 5) is 0. The third kappa shape index (κ3) is 2.61. The molecule has 2 aromatic carbocycles. The van der Waals surface area contributed by atoms with Crippen LogP contribution in [0.15, 0.2) is 48.7 Å². The van der Waals surface area contributed by atoms with Crippen molar-refractivity contribution in [2.75, 3.05) is 0 Å². The van der Waals surface area contributed by atoms with E-state index in [-0.39, 0.29) is 0 Å². The molecule has 3 aromatic rings. The molecule has 0 aliphatic rings. The molecule has 0 atom stereocenters. The number of fused-ring (bicyclic) bond motifs is 1. The van der Waals surface area contributed by atoms with E-state index in [2.05, 4.69) is 62.7 Å². The molecule has 0 saturated heterocycles. The summed E-state index contributed by atoms with van der Waals surface area (Å²) in [6.07, 6.45) is 2.24. The highest BCUT2D eigenvalue weighted by Gasteiger charge is 2.13. The van der Waals surface area contributed by atoms with E-state index in [1.165, 1.54) is 27.6 Å². The molecule has 2 nitrogen and oxygen atoms in total. The van der Waals surface area contributed by atoms with E-state index < -0.39 is 0 Å². The van der Waals surface area contributed by atoms with Crippen LogP contribution >= 0.6 is 0 Å². The molecule has 0 spiro atoms. The molecule has 0 radical (unpaired) electrons. The smallest absolute Gasteiger partial charge is 0.122 e. The summed E-state index contributed by atoms with van der Waals surface area (Å²) in [5, 5.41) is 1.32. The van der Waals surface area contributed by atoms with Gasteiger partial charge in [0.25, 0.3) is 0 Å². The second-order valence-electron chi connectivity index (χ2n) is 6.18. The van der Waals surface area contributed by atoms with E-state index >= 15 is 0 Å². The molecule has 1 aromatic heterocycles. The zero-order valence-electron chi connectivity index (χ0n) is 13.8. The Labute approximate surface area is 132 Å². The van der Waals surface area contributed by atoms with Crippen LogP contribution in [-0.2, 0) is 6.61 Å². The van der Waals surface area contributed by atoms with Crippen molar-refractivity contribution in [1.29, 1.82) is 0 Å². The van der Waals surface area contributed by atoms with Gasteiger partial charge in [-0.1, -0.05) is 30.3 Å². The summed E-state index contributed by atoms with van der Waals surface area (Å²) in [6.45, 7) is 9.29. The zero-order chi connectivity index (χ0) is 15.7. The molecule has 114 valence electrons. The van der Waals surface area contributed by atoms with Crippen LogP contribution in [0, 0.1) is 13.8 Å². The van der Waals surface area contributed by atoms with Gasteiger partial charge in [-0.15, -0.1) is 0 Å². The summed E-state index contributed by atoms with van der Waals surface area (Å²) < 4.78 is 8.40. The van der Waals surface area contributed by atoms with Crippen LogP contribution in [0.1, 0.15) is 36.6 Å². The van der Waals surface area contributed by atoms with Gasteiger partial charge in [-0.3, -0.25) is 0 Å². The van der Waals surface area contributed by atoms with E-state index in [9.17, 15) is 0 Å². The minimum absolute atomic E-state index is 0.441. The molecule has 0 unspecified atom stereocenters. The summed E-state index contributed by atoms with van der Waals surface area (Å²) in [6, 6.07) is 15.1. The maximum atomic E-state index is 6.07. The second-order valence-corrected chi connectivity index (χ2v) is 6.18. The number of benzene rings is 2. The molecule has 0 aliphatic carbocycles. The number of aromatic nitrogens is 1. The average Bonchev–Trinajstić information content (AvgIpc) is 2.87. The highest BCUT2D eigenvalue weighted by molar-refractivity contribution is 5.87. The summed E-state index contributed by atoms with van der Waals surface area (Å²) in [7, 11) is 0. The van der Waals surface area contributed by atoms with Crippen molar-refractivity contribution >= 4 is 10.9 Å². The Morgan fingerprint density at radius 1 is 0.955 bits per heavy atom. The predicted octanol–water partition coefficient (Wildman–Crippen LogP) is 5.42. The Bertz CT molecular complexity index is 799. The first-order chi connectivity index (χ1) is 10.6. The van der Waals surface area contributed by atoms with Gasteiger partial charge in [0.1, 0.15) is 12.4 Å². The molecular formula is C20H23NO. The third-order valence-corrected chi connectivity index (χ3v) is 4.18. The fraction of sp³-hybridized carbons (Fsp3) is 0.300. The van der Waals surface area contributed by atoms with Crippen molar-refractivity contribution in [3.05, 3.63) is 65.4 Å². The summed E-state index contributed by atoms with van der Waals surface area (Å²) >= 11 is 0. The van der Waals surface area contributed by atoms with Gasteiger partial charge in [-0.2, -0.15) is 0 Å². The van der Waals surface area contributed by atoms with Crippen molar-refractivity contribution in [2.45, 2.75) is 40.3 Å². The Morgan fingerprint density at radius 3 is 2.41 bits per heavy atom. The predicted molar refractivity (Wildman–Crippen MR) is 92.6 cm³/mol. The molecule has 3 rings (SSSR count). The van der Waals surface area contributed by atoms with Gasteiger partial charge in [0.15, 0.2) is 0 Å². The maximum absolute atomic E-state index is 6.07. The van der Waals surface area contributed by atoms with Crippen molar-refractivity contribution in [3.63, 3.8) is 0 Å². The minimum atomic E-state index is 0.441. The Morgan fingerprint density at radius 2 is 1.68 bits per heavy atom. The fourth-order valence-electron chi connectivity index (χ4n) is 3.00. The lowest BCUT2D eigenvalue weighted by Crippen LogP contribution is -1.99. The second kappa shape index (κ2) is 5.88. The Kier molecular flexibility index (Phi) is 3.93. The van der Waals surface area contributed by atoms with Crippen LogP contribution in [0.3, 0.4) is 0 Å². The van der Waals surface area contributed by atoms with E-state index in [4.69, 9.17) is 4.74 Å². The standard InChI is InChI=1S/C20H23NO/c1-14(2)21-12-17(20-16(4)9-7-10-18(20)21)13-22-19-11-6-5-8-15(19)3/h5-12,14H,13H2,1-4H3. The fourth-order valence-corrected chi connectivity index (χ4v) is 3.00. The molecule has 2 heteroatoms. The van der Waals surface area contributed by atoms with E-state index in [1.54, 1.807) is 0 Å². The number of hydrogen-bond donors (Lipinski definition) is 0. The van der Waals surface area contributed by atoms with Gasteiger partial charge in [0, 0.05) is 28.7 Å². The number of para-hydroxylation sites is 1. The lowest BCUT2D eigenvalue weighted by atomic mass is 10.1. The molecule has 0 amide bonds. The van der Waals surface area contributed by atoms with E-state index in [0.717, 1.165) is 5.75 Å². The van der Waals surface area contributed by atoms with Crippen molar-refractivity contribution in [2.24, 2.45) is 0 Å².